The van der Waals surface area contributed by atoms with Gasteiger partial charge in [-0.2, -0.15) is 0 Å². The van der Waals surface area contributed by atoms with Crippen LogP contribution >= 0.6 is 11.8 Å². The number of aromatic nitrogens is 4. The monoisotopic (exact) mass is 482 g/mol. The molecule has 2 aliphatic rings. The van der Waals surface area contributed by atoms with Crippen LogP contribution in [0.25, 0.3) is 22.3 Å². The number of ether oxygens (including phenoxy) is 1. The van der Waals surface area contributed by atoms with Crippen molar-refractivity contribution in [3.8, 4) is 11.4 Å². The summed E-state index contributed by atoms with van der Waals surface area (Å²) in [5.74, 6) is 1.19. The molecule has 3 heterocycles. The predicted octanol–water partition coefficient (Wildman–Crippen LogP) is 3.93. The Bertz CT molecular complexity index is 1200. The van der Waals surface area contributed by atoms with Crippen molar-refractivity contribution in [1.82, 2.24) is 29.5 Å². The van der Waals surface area contributed by atoms with Gasteiger partial charge >= 0.3 is 6.09 Å². The number of amides is 2. The van der Waals surface area contributed by atoms with Crippen molar-refractivity contribution >= 4 is 34.7 Å². The lowest BCUT2D eigenvalue weighted by Gasteiger charge is -2.35. The van der Waals surface area contributed by atoms with Crippen LogP contribution in [0.4, 0.5) is 4.79 Å². The molecule has 34 heavy (non-hydrogen) atoms. The Balaban J connectivity index is 1.22. The highest BCUT2D eigenvalue weighted by molar-refractivity contribution is 7.99. The fourth-order valence-electron chi connectivity index (χ4n) is 4.16. The van der Waals surface area contributed by atoms with Gasteiger partial charge in [0.2, 0.25) is 5.91 Å². The molecule has 2 aromatic heterocycles. The molecule has 9 nitrogen and oxygen atoms in total. The van der Waals surface area contributed by atoms with E-state index in [4.69, 9.17) is 4.74 Å². The molecule has 2 amide bonds. The van der Waals surface area contributed by atoms with E-state index >= 15 is 0 Å². The number of carbonyl (C=O) groups excluding carboxylic acids is 2. The molecule has 1 saturated carbocycles. The molecular formula is C24H30N6O3S. The van der Waals surface area contributed by atoms with Crippen LogP contribution in [-0.2, 0) is 9.53 Å². The second-order valence-electron chi connectivity index (χ2n) is 9.79. The summed E-state index contributed by atoms with van der Waals surface area (Å²) in [7, 11) is 0. The smallest absolute Gasteiger partial charge is 0.410 e. The predicted molar refractivity (Wildman–Crippen MR) is 131 cm³/mol. The van der Waals surface area contributed by atoms with Gasteiger partial charge in [0.15, 0.2) is 11.0 Å². The van der Waals surface area contributed by atoms with Crippen LogP contribution in [0, 0.1) is 0 Å². The maximum atomic E-state index is 12.9. The highest BCUT2D eigenvalue weighted by Crippen LogP contribution is 2.42. The SMILES string of the molecule is CC(C)(C)OC(=O)N1CCN(C(=O)CSc2nnc(-c3c[nH]c4ccccc34)n2C2CC2)CC1. The minimum atomic E-state index is -0.524. The molecule has 0 unspecified atom stereocenters. The van der Waals surface area contributed by atoms with E-state index in [1.165, 1.54) is 11.8 Å². The number of nitrogens with zero attached hydrogens (tertiary/aromatic N) is 5. The van der Waals surface area contributed by atoms with Crippen molar-refractivity contribution in [2.45, 2.75) is 50.4 Å². The van der Waals surface area contributed by atoms with E-state index in [1.807, 2.05) is 50.1 Å². The Labute approximate surface area is 202 Å². The van der Waals surface area contributed by atoms with Crippen molar-refractivity contribution in [3.05, 3.63) is 30.5 Å². The van der Waals surface area contributed by atoms with E-state index in [2.05, 4.69) is 25.8 Å². The number of fused-ring (bicyclic) bond motifs is 1. The molecule has 3 aromatic rings. The maximum Gasteiger partial charge on any atom is 0.410 e. The zero-order valence-corrected chi connectivity index (χ0v) is 20.6. The van der Waals surface area contributed by atoms with Gasteiger partial charge in [-0.1, -0.05) is 30.0 Å². The number of nitrogens with one attached hydrogen (secondary N) is 1. The number of para-hydroxylation sites is 1. The third-order valence-electron chi connectivity index (χ3n) is 6.02. The molecule has 180 valence electrons. The molecule has 1 aromatic carbocycles. The van der Waals surface area contributed by atoms with Crippen LogP contribution in [0.2, 0.25) is 0 Å². The standard InChI is InChI=1S/C24H30N6O3S/c1-24(2,3)33-23(32)29-12-10-28(11-13-29)20(31)15-34-22-27-26-21(30(22)16-8-9-16)18-14-25-19-7-5-4-6-17(18)19/h4-7,14,16,25H,8-13,15H2,1-3H3. The van der Waals surface area contributed by atoms with Gasteiger partial charge < -0.3 is 19.5 Å². The van der Waals surface area contributed by atoms with Crippen LogP contribution < -0.4 is 0 Å². The first-order valence-corrected chi connectivity index (χ1v) is 12.7. The number of H-pyrrole nitrogens is 1. The number of carbonyl (C=O) groups is 2. The third kappa shape index (κ3) is 4.77. The Kier molecular flexibility index (Phi) is 6.01. The summed E-state index contributed by atoms with van der Waals surface area (Å²) in [5.41, 5.74) is 1.58. The average Bonchev–Trinajstić information content (AvgIpc) is 3.42. The van der Waals surface area contributed by atoms with Gasteiger partial charge in [-0.3, -0.25) is 9.36 Å². The highest BCUT2D eigenvalue weighted by Gasteiger charge is 2.32. The van der Waals surface area contributed by atoms with Crippen LogP contribution in [0.5, 0.6) is 0 Å². The zero-order valence-electron chi connectivity index (χ0n) is 19.8. The second kappa shape index (κ2) is 8.98. The minimum absolute atomic E-state index is 0.0489. The second-order valence-corrected chi connectivity index (χ2v) is 10.7. The van der Waals surface area contributed by atoms with Crippen LogP contribution in [0.15, 0.2) is 35.6 Å². The van der Waals surface area contributed by atoms with Gasteiger partial charge in [0, 0.05) is 54.9 Å². The fraction of sp³-hybridized carbons (Fsp3) is 0.500. The fourth-order valence-corrected chi connectivity index (χ4v) is 5.07. The quantitative estimate of drug-likeness (QED) is 0.554. The lowest BCUT2D eigenvalue weighted by atomic mass is 10.1. The van der Waals surface area contributed by atoms with E-state index in [-0.39, 0.29) is 12.0 Å². The molecule has 1 N–H and O–H groups in total. The number of hydrogen-bond acceptors (Lipinski definition) is 6. The van der Waals surface area contributed by atoms with E-state index in [9.17, 15) is 9.59 Å². The van der Waals surface area contributed by atoms with Gasteiger partial charge in [0.05, 0.1) is 5.75 Å². The summed E-state index contributed by atoms with van der Waals surface area (Å²) in [5, 5.41) is 10.9. The molecule has 0 bridgehead atoms. The van der Waals surface area contributed by atoms with Gasteiger partial charge in [-0.15, -0.1) is 10.2 Å². The first-order chi connectivity index (χ1) is 16.3. The van der Waals surface area contributed by atoms with Crippen LogP contribution in [0.3, 0.4) is 0 Å². The normalized spacial score (nSPS) is 16.8. The summed E-state index contributed by atoms with van der Waals surface area (Å²) in [6.07, 6.45) is 3.86. The average molecular weight is 483 g/mol. The van der Waals surface area contributed by atoms with Gasteiger partial charge in [-0.25, -0.2) is 4.79 Å². The van der Waals surface area contributed by atoms with Crippen LogP contribution in [0.1, 0.15) is 39.7 Å². The number of thioether (sulfide) groups is 1. The third-order valence-corrected chi connectivity index (χ3v) is 6.94. The molecule has 1 aliphatic heterocycles. The molecule has 1 aliphatic carbocycles. The van der Waals surface area contributed by atoms with E-state index in [1.54, 1.807) is 4.90 Å². The number of piperazine rings is 1. The molecule has 0 spiro atoms. The van der Waals surface area contributed by atoms with E-state index in [0.29, 0.717) is 38.0 Å². The van der Waals surface area contributed by atoms with E-state index < -0.39 is 5.60 Å². The molecular weight excluding hydrogens is 452 g/mol. The lowest BCUT2D eigenvalue weighted by Crippen LogP contribution is -2.52. The van der Waals surface area contributed by atoms with E-state index in [0.717, 1.165) is 40.3 Å². The molecule has 10 heteroatoms. The van der Waals surface area contributed by atoms with Gasteiger partial charge in [0.25, 0.3) is 0 Å². The summed E-state index contributed by atoms with van der Waals surface area (Å²) >= 11 is 1.44. The summed E-state index contributed by atoms with van der Waals surface area (Å²) < 4.78 is 7.63. The maximum absolute atomic E-state index is 12.9. The molecule has 5 rings (SSSR count). The Hall–Kier alpha value is -3.01. The van der Waals surface area contributed by atoms with Gasteiger partial charge in [-0.05, 0) is 39.7 Å². The summed E-state index contributed by atoms with van der Waals surface area (Å²) in [6, 6.07) is 8.55. The molecule has 0 radical (unpaired) electrons. The van der Waals surface area contributed by atoms with Crippen LogP contribution in [-0.4, -0.2) is 79.1 Å². The first kappa shape index (κ1) is 22.8. The molecule has 0 atom stereocenters. The summed E-state index contributed by atoms with van der Waals surface area (Å²) in [4.78, 5) is 31.9. The minimum Gasteiger partial charge on any atom is -0.444 e. The Morgan fingerprint density at radius 3 is 2.50 bits per heavy atom. The Morgan fingerprint density at radius 2 is 1.79 bits per heavy atom. The number of aromatic amines is 1. The molecule has 1 saturated heterocycles. The van der Waals surface area contributed by atoms with Crippen molar-refractivity contribution in [3.63, 3.8) is 0 Å². The van der Waals surface area contributed by atoms with Crippen molar-refractivity contribution in [1.29, 1.82) is 0 Å². The molecule has 2 fully saturated rings. The van der Waals surface area contributed by atoms with Crippen molar-refractivity contribution in [2.24, 2.45) is 0 Å². The first-order valence-electron chi connectivity index (χ1n) is 11.7. The number of hydrogen-bond donors (Lipinski definition) is 1. The van der Waals surface area contributed by atoms with Crippen molar-refractivity contribution in [2.75, 3.05) is 31.9 Å². The number of rotatable bonds is 5. The zero-order chi connectivity index (χ0) is 23.9. The van der Waals surface area contributed by atoms with Crippen molar-refractivity contribution < 1.29 is 14.3 Å². The lowest BCUT2D eigenvalue weighted by molar-refractivity contribution is -0.130. The summed E-state index contributed by atoms with van der Waals surface area (Å²) in [6.45, 7) is 7.54. The Morgan fingerprint density at radius 1 is 1.09 bits per heavy atom. The number of benzene rings is 1. The van der Waals surface area contributed by atoms with Gasteiger partial charge in [0.1, 0.15) is 5.60 Å². The highest BCUT2D eigenvalue weighted by atomic mass is 32.2. The largest absolute Gasteiger partial charge is 0.444 e. The topological polar surface area (TPSA) is 96.3 Å².